The van der Waals surface area contributed by atoms with E-state index < -0.39 is 10.0 Å². The average molecular weight is 445 g/mol. The maximum absolute atomic E-state index is 13.3. The summed E-state index contributed by atoms with van der Waals surface area (Å²) in [6, 6.07) is 25.1. The average Bonchev–Trinajstić information content (AvgIpc) is 3.13. The number of benzene rings is 4. The highest BCUT2D eigenvalue weighted by molar-refractivity contribution is 7.93. The van der Waals surface area contributed by atoms with Crippen LogP contribution in [0, 0.1) is 0 Å². The second-order valence-corrected chi connectivity index (χ2v) is 9.13. The molecule has 4 aromatic carbocycles. The van der Waals surface area contributed by atoms with Crippen molar-refractivity contribution in [3.05, 3.63) is 96.1 Å². The molecule has 0 radical (unpaired) electrons. The van der Waals surface area contributed by atoms with E-state index >= 15 is 0 Å². The largest absolute Gasteiger partial charge is 0.491 e. The number of hydrogen-bond acceptors (Lipinski definition) is 4. The van der Waals surface area contributed by atoms with E-state index in [1.54, 1.807) is 48.5 Å². The van der Waals surface area contributed by atoms with E-state index in [9.17, 15) is 13.2 Å². The van der Waals surface area contributed by atoms with E-state index in [2.05, 4.69) is 10.0 Å². The lowest BCUT2D eigenvalue weighted by molar-refractivity contribution is 0.103. The molecule has 7 heteroatoms. The van der Waals surface area contributed by atoms with Crippen LogP contribution in [0.1, 0.15) is 15.9 Å². The van der Waals surface area contributed by atoms with Crippen LogP contribution in [0.4, 0.5) is 11.4 Å². The Morgan fingerprint density at radius 2 is 1.62 bits per heavy atom. The summed E-state index contributed by atoms with van der Waals surface area (Å²) >= 11 is 0. The zero-order valence-electron chi connectivity index (χ0n) is 17.0. The van der Waals surface area contributed by atoms with Crippen LogP contribution in [0.2, 0.25) is 0 Å². The summed E-state index contributed by atoms with van der Waals surface area (Å²) < 4.78 is 35.2. The molecule has 2 N–H and O–H groups in total. The molecule has 0 aliphatic carbocycles. The number of amides is 1. The predicted molar refractivity (Wildman–Crippen MR) is 125 cm³/mol. The summed E-state index contributed by atoms with van der Waals surface area (Å²) in [5.41, 5.74) is 2.59. The molecule has 1 aliphatic heterocycles. The molecule has 0 fully saturated rings. The van der Waals surface area contributed by atoms with E-state index in [0.717, 1.165) is 5.56 Å². The third-order valence-corrected chi connectivity index (χ3v) is 6.83. The molecule has 0 saturated heterocycles. The van der Waals surface area contributed by atoms with Crippen molar-refractivity contribution in [3.8, 4) is 5.75 Å². The van der Waals surface area contributed by atoms with Crippen molar-refractivity contribution >= 4 is 38.1 Å². The SMILES string of the molecule is O=C1Nc2ccc(S(=O)(=O)Nc3ccccc3OCCc3ccccc3)c3cccc1c23. The van der Waals surface area contributed by atoms with Gasteiger partial charge in [0.25, 0.3) is 15.9 Å². The molecule has 0 atom stereocenters. The summed E-state index contributed by atoms with van der Waals surface area (Å²) in [6.07, 6.45) is 0.706. The van der Waals surface area contributed by atoms with Gasteiger partial charge in [-0.3, -0.25) is 9.52 Å². The van der Waals surface area contributed by atoms with Crippen molar-refractivity contribution in [1.82, 2.24) is 0 Å². The molecule has 0 saturated carbocycles. The summed E-state index contributed by atoms with van der Waals surface area (Å²) in [6.45, 7) is 0.414. The maximum atomic E-state index is 13.3. The third kappa shape index (κ3) is 3.67. The van der Waals surface area contributed by atoms with Crippen LogP contribution in [0.5, 0.6) is 5.75 Å². The van der Waals surface area contributed by atoms with Gasteiger partial charge in [-0.1, -0.05) is 54.6 Å². The van der Waals surface area contributed by atoms with Crippen LogP contribution in [0.3, 0.4) is 0 Å². The van der Waals surface area contributed by atoms with Gasteiger partial charge in [0.05, 0.1) is 17.2 Å². The van der Waals surface area contributed by atoms with Crippen molar-refractivity contribution in [1.29, 1.82) is 0 Å². The highest BCUT2D eigenvalue weighted by Gasteiger charge is 2.26. The number of hydrogen-bond donors (Lipinski definition) is 2. The molecule has 0 aromatic heterocycles. The van der Waals surface area contributed by atoms with Crippen LogP contribution in [0.15, 0.2) is 89.8 Å². The van der Waals surface area contributed by atoms with Crippen LogP contribution in [0.25, 0.3) is 10.8 Å². The first kappa shape index (κ1) is 20.1. The van der Waals surface area contributed by atoms with Gasteiger partial charge in [-0.15, -0.1) is 0 Å². The molecular formula is C25H20N2O4S. The number of anilines is 2. The Morgan fingerprint density at radius 1 is 0.844 bits per heavy atom. The van der Waals surface area contributed by atoms with E-state index in [4.69, 9.17) is 4.74 Å². The highest BCUT2D eigenvalue weighted by Crippen LogP contribution is 2.37. The number of carbonyl (C=O) groups excluding carboxylic acids is 1. The molecule has 0 bridgehead atoms. The van der Waals surface area contributed by atoms with Crippen LogP contribution < -0.4 is 14.8 Å². The topological polar surface area (TPSA) is 84.5 Å². The Hall–Kier alpha value is -3.84. The summed E-state index contributed by atoms with van der Waals surface area (Å²) in [7, 11) is -3.93. The molecule has 160 valence electrons. The van der Waals surface area contributed by atoms with Crippen molar-refractivity contribution in [2.75, 3.05) is 16.6 Å². The second-order valence-electron chi connectivity index (χ2n) is 7.48. The van der Waals surface area contributed by atoms with Crippen LogP contribution in [-0.4, -0.2) is 20.9 Å². The lowest BCUT2D eigenvalue weighted by atomic mass is 10.1. The fraction of sp³-hybridized carbons (Fsp3) is 0.0800. The molecule has 0 unspecified atom stereocenters. The van der Waals surface area contributed by atoms with Crippen molar-refractivity contribution in [3.63, 3.8) is 0 Å². The Balaban J connectivity index is 1.43. The standard InChI is InChI=1S/C25H20N2O4S/c28-25-19-10-6-9-18-23(14-13-21(26-25)24(18)19)32(29,30)27-20-11-4-5-12-22(20)31-16-15-17-7-2-1-3-8-17/h1-14,27H,15-16H2,(H,26,28). The summed E-state index contributed by atoms with van der Waals surface area (Å²) in [5, 5.41) is 3.88. The van der Waals surface area contributed by atoms with Crippen molar-refractivity contribution in [2.24, 2.45) is 0 Å². The minimum Gasteiger partial charge on any atom is -0.491 e. The molecular weight excluding hydrogens is 424 g/mol. The molecule has 1 amide bonds. The van der Waals surface area contributed by atoms with Gasteiger partial charge < -0.3 is 10.1 Å². The zero-order chi connectivity index (χ0) is 22.1. The lowest BCUT2D eigenvalue weighted by Gasteiger charge is -2.15. The van der Waals surface area contributed by atoms with Crippen molar-refractivity contribution < 1.29 is 17.9 Å². The molecule has 6 nitrogen and oxygen atoms in total. The van der Waals surface area contributed by atoms with Gasteiger partial charge >= 0.3 is 0 Å². The first-order chi connectivity index (χ1) is 15.5. The molecule has 5 rings (SSSR count). The minimum absolute atomic E-state index is 0.105. The third-order valence-electron chi connectivity index (χ3n) is 5.41. The molecule has 1 aliphatic rings. The first-order valence-corrected chi connectivity index (χ1v) is 11.7. The fourth-order valence-electron chi connectivity index (χ4n) is 3.90. The quantitative estimate of drug-likeness (QED) is 0.428. The predicted octanol–water partition coefficient (Wildman–Crippen LogP) is 4.83. The molecule has 0 spiro atoms. The molecule has 4 aromatic rings. The normalized spacial score (nSPS) is 12.6. The number of para-hydroxylation sites is 2. The van der Waals surface area contributed by atoms with E-state index in [1.165, 1.54) is 6.07 Å². The van der Waals surface area contributed by atoms with Gasteiger partial charge in [0.15, 0.2) is 0 Å². The van der Waals surface area contributed by atoms with E-state index in [0.29, 0.717) is 46.5 Å². The summed E-state index contributed by atoms with van der Waals surface area (Å²) in [4.78, 5) is 12.3. The Kier molecular flexibility index (Phi) is 5.03. The number of sulfonamides is 1. The minimum atomic E-state index is -3.93. The van der Waals surface area contributed by atoms with Gasteiger partial charge in [-0.25, -0.2) is 8.42 Å². The van der Waals surface area contributed by atoms with Gasteiger partial charge in [0.2, 0.25) is 0 Å². The van der Waals surface area contributed by atoms with Gasteiger partial charge in [0.1, 0.15) is 5.75 Å². The maximum Gasteiger partial charge on any atom is 0.262 e. The van der Waals surface area contributed by atoms with E-state index in [1.807, 2.05) is 30.3 Å². The number of rotatable bonds is 7. The van der Waals surface area contributed by atoms with Gasteiger partial charge in [-0.2, -0.15) is 0 Å². The molecule has 1 heterocycles. The van der Waals surface area contributed by atoms with E-state index in [-0.39, 0.29) is 10.8 Å². The second kappa shape index (κ2) is 8.01. The first-order valence-electron chi connectivity index (χ1n) is 10.2. The van der Waals surface area contributed by atoms with Gasteiger partial charge in [0, 0.05) is 28.4 Å². The fourth-order valence-corrected chi connectivity index (χ4v) is 5.17. The Morgan fingerprint density at radius 3 is 2.47 bits per heavy atom. The highest BCUT2D eigenvalue weighted by atomic mass is 32.2. The number of carbonyl (C=O) groups is 1. The summed E-state index contributed by atoms with van der Waals surface area (Å²) in [5.74, 6) is 0.222. The van der Waals surface area contributed by atoms with Gasteiger partial charge in [-0.05, 0) is 35.9 Å². The lowest BCUT2D eigenvalue weighted by Crippen LogP contribution is -2.14. The Bertz CT molecular complexity index is 1430. The van der Waals surface area contributed by atoms with Crippen LogP contribution >= 0.6 is 0 Å². The molecule has 32 heavy (non-hydrogen) atoms. The monoisotopic (exact) mass is 444 g/mol. The zero-order valence-corrected chi connectivity index (χ0v) is 17.9. The Labute approximate surface area is 185 Å². The number of ether oxygens (including phenoxy) is 1. The smallest absolute Gasteiger partial charge is 0.262 e. The number of nitrogens with one attached hydrogen (secondary N) is 2. The van der Waals surface area contributed by atoms with Crippen molar-refractivity contribution in [2.45, 2.75) is 11.3 Å². The van der Waals surface area contributed by atoms with Crippen LogP contribution in [-0.2, 0) is 16.4 Å².